The summed E-state index contributed by atoms with van der Waals surface area (Å²) in [6.45, 7) is 0.973. The highest BCUT2D eigenvalue weighted by molar-refractivity contribution is 7.89. The van der Waals surface area contributed by atoms with Crippen LogP contribution >= 0.6 is 0 Å². The Labute approximate surface area is 185 Å². The van der Waals surface area contributed by atoms with Gasteiger partial charge < -0.3 is 0 Å². The molecule has 1 heterocycles. The molecule has 162 valence electrons. The molecule has 1 amide bonds. The van der Waals surface area contributed by atoms with Crippen molar-refractivity contribution >= 4 is 38.2 Å². The molecule has 0 bridgehead atoms. The van der Waals surface area contributed by atoms with Gasteiger partial charge in [0, 0.05) is 35.2 Å². The van der Waals surface area contributed by atoms with Crippen molar-refractivity contribution in [3.05, 3.63) is 77.4 Å². The SMILES string of the molecule is O=C(N/N=C1/C(=O)c2cccc3cccc1c23)c1cccc(S(=O)(=O)N2CCCCC2)c1. The maximum atomic E-state index is 12.9. The topological polar surface area (TPSA) is 95.9 Å². The number of sulfonamides is 1. The van der Waals surface area contributed by atoms with Gasteiger partial charge in [-0.05, 0) is 36.4 Å². The van der Waals surface area contributed by atoms with Gasteiger partial charge in [-0.2, -0.15) is 9.41 Å². The minimum absolute atomic E-state index is 0.0776. The third-order valence-corrected chi connectivity index (χ3v) is 7.83. The Kier molecular flexibility index (Phi) is 5.11. The fraction of sp³-hybridized carbons (Fsp3) is 0.208. The molecular formula is C24H21N3O4S. The Hall–Kier alpha value is -3.36. The standard InChI is InChI=1S/C24H21N3O4S/c28-23-20-12-6-8-16-7-5-11-19(21(16)20)22(23)25-26-24(29)17-9-4-10-18(15-17)32(30,31)27-13-2-1-3-14-27/h4-12,15H,1-3,13-14H2,(H,26,29)/b25-22+. The van der Waals surface area contributed by atoms with E-state index in [9.17, 15) is 18.0 Å². The number of hydrogen-bond donors (Lipinski definition) is 1. The molecule has 1 N–H and O–H groups in total. The first-order chi connectivity index (χ1) is 15.5. The second-order valence-corrected chi connectivity index (χ2v) is 9.87. The lowest BCUT2D eigenvalue weighted by atomic mass is 10.1. The Bertz CT molecular complexity index is 1380. The lowest BCUT2D eigenvalue weighted by molar-refractivity contribution is 0.0954. The van der Waals surface area contributed by atoms with E-state index in [0.717, 1.165) is 30.0 Å². The second kappa shape index (κ2) is 7.96. The number of carbonyl (C=O) groups excluding carboxylic acids is 2. The number of Topliss-reactive ketones (excluding diaryl/α,β-unsaturated/α-hetero) is 1. The van der Waals surface area contributed by atoms with Crippen molar-refractivity contribution in [2.45, 2.75) is 24.2 Å². The molecule has 8 heteroatoms. The Balaban J connectivity index is 1.41. The number of rotatable bonds is 4. The van der Waals surface area contributed by atoms with Crippen LogP contribution in [0, 0.1) is 0 Å². The van der Waals surface area contributed by atoms with E-state index in [2.05, 4.69) is 10.5 Å². The smallest absolute Gasteiger partial charge is 0.271 e. The van der Waals surface area contributed by atoms with Gasteiger partial charge in [0.25, 0.3) is 5.91 Å². The Morgan fingerprint density at radius 1 is 0.906 bits per heavy atom. The van der Waals surface area contributed by atoms with Gasteiger partial charge in [0.15, 0.2) is 0 Å². The third-order valence-electron chi connectivity index (χ3n) is 5.94. The minimum atomic E-state index is -3.66. The maximum Gasteiger partial charge on any atom is 0.271 e. The number of nitrogens with zero attached hydrogens (tertiary/aromatic N) is 2. The summed E-state index contributed by atoms with van der Waals surface area (Å²) in [6, 6.07) is 16.9. The van der Waals surface area contributed by atoms with E-state index in [1.54, 1.807) is 12.1 Å². The van der Waals surface area contributed by atoms with Gasteiger partial charge in [0.2, 0.25) is 15.8 Å². The van der Waals surface area contributed by atoms with Crippen molar-refractivity contribution in [3.8, 4) is 0 Å². The molecule has 1 aliphatic heterocycles. The zero-order chi connectivity index (χ0) is 22.3. The third kappa shape index (κ3) is 3.41. The molecule has 0 unspecified atom stereocenters. The predicted octanol–water partition coefficient (Wildman–Crippen LogP) is 3.34. The first-order valence-electron chi connectivity index (χ1n) is 10.5. The van der Waals surface area contributed by atoms with Gasteiger partial charge >= 0.3 is 0 Å². The molecule has 3 aromatic rings. The summed E-state index contributed by atoms with van der Waals surface area (Å²) in [4.78, 5) is 25.6. The number of amides is 1. The summed E-state index contributed by atoms with van der Waals surface area (Å²) in [6.07, 6.45) is 2.69. The number of ketones is 1. The molecule has 3 aromatic carbocycles. The van der Waals surface area contributed by atoms with Gasteiger partial charge in [-0.1, -0.05) is 48.9 Å². The van der Waals surface area contributed by atoms with Crippen LogP contribution in [0.15, 0.2) is 70.7 Å². The zero-order valence-electron chi connectivity index (χ0n) is 17.2. The normalized spacial score (nSPS) is 17.8. The quantitative estimate of drug-likeness (QED) is 0.621. The summed E-state index contributed by atoms with van der Waals surface area (Å²) in [5, 5.41) is 5.86. The molecule has 5 rings (SSSR count). The lowest BCUT2D eigenvalue weighted by Crippen LogP contribution is -2.35. The van der Waals surface area contributed by atoms with E-state index < -0.39 is 15.9 Å². The Morgan fingerprint density at radius 3 is 2.34 bits per heavy atom. The van der Waals surface area contributed by atoms with Gasteiger partial charge in [-0.3, -0.25) is 9.59 Å². The van der Waals surface area contributed by atoms with Crippen molar-refractivity contribution in [1.29, 1.82) is 0 Å². The van der Waals surface area contributed by atoms with Crippen LogP contribution < -0.4 is 5.43 Å². The number of hydrazone groups is 1. The summed E-state index contributed by atoms with van der Waals surface area (Å²) >= 11 is 0. The summed E-state index contributed by atoms with van der Waals surface area (Å²) in [7, 11) is -3.66. The van der Waals surface area contributed by atoms with Gasteiger partial charge in [-0.15, -0.1) is 0 Å². The first kappa shape index (κ1) is 20.5. The summed E-state index contributed by atoms with van der Waals surface area (Å²) in [5.41, 5.74) is 3.98. The maximum absolute atomic E-state index is 12.9. The van der Waals surface area contributed by atoms with Crippen LogP contribution in [-0.4, -0.2) is 43.2 Å². The molecule has 1 fully saturated rings. The molecule has 0 saturated carbocycles. The molecule has 32 heavy (non-hydrogen) atoms. The van der Waals surface area contributed by atoms with E-state index in [4.69, 9.17) is 0 Å². The molecule has 2 aliphatic rings. The number of carbonyl (C=O) groups is 2. The average molecular weight is 448 g/mol. The van der Waals surface area contributed by atoms with Gasteiger partial charge in [0.1, 0.15) is 5.71 Å². The summed E-state index contributed by atoms with van der Waals surface area (Å²) < 4.78 is 27.3. The van der Waals surface area contributed by atoms with E-state index in [0.29, 0.717) is 24.2 Å². The second-order valence-electron chi connectivity index (χ2n) is 7.93. The summed E-state index contributed by atoms with van der Waals surface area (Å²) in [5.74, 6) is -0.831. The fourth-order valence-corrected chi connectivity index (χ4v) is 5.88. The molecule has 0 spiro atoms. The molecule has 1 saturated heterocycles. The van der Waals surface area contributed by atoms with Crippen LogP contribution in [0.1, 0.15) is 45.5 Å². The van der Waals surface area contributed by atoms with E-state index in [-0.39, 0.29) is 22.0 Å². The van der Waals surface area contributed by atoms with Gasteiger partial charge in [0.05, 0.1) is 4.90 Å². The van der Waals surface area contributed by atoms with Crippen LogP contribution in [0.2, 0.25) is 0 Å². The highest BCUT2D eigenvalue weighted by Crippen LogP contribution is 2.31. The van der Waals surface area contributed by atoms with E-state index in [1.807, 2.05) is 24.3 Å². The number of nitrogens with one attached hydrogen (secondary N) is 1. The van der Waals surface area contributed by atoms with Gasteiger partial charge in [-0.25, -0.2) is 13.8 Å². The zero-order valence-corrected chi connectivity index (χ0v) is 18.1. The Morgan fingerprint density at radius 2 is 1.59 bits per heavy atom. The van der Waals surface area contributed by atoms with Crippen LogP contribution in [0.25, 0.3) is 10.8 Å². The number of benzene rings is 3. The number of piperidine rings is 1. The predicted molar refractivity (Wildman–Crippen MR) is 121 cm³/mol. The van der Waals surface area contributed by atoms with Crippen molar-refractivity contribution in [2.24, 2.45) is 5.10 Å². The molecular weight excluding hydrogens is 426 g/mol. The van der Waals surface area contributed by atoms with Crippen LogP contribution in [-0.2, 0) is 10.0 Å². The van der Waals surface area contributed by atoms with Crippen molar-refractivity contribution in [1.82, 2.24) is 9.73 Å². The first-order valence-corrected chi connectivity index (χ1v) is 12.0. The van der Waals surface area contributed by atoms with Crippen molar-refractivity contribution in [3.63, 3.8) is 0 Å². The molecule has 0 aromatic heterocycles. The van der Waals surface area contributed by atoms with Crippen LogP contribution in [0.4, 0.5) is 0 Å². The minimum Gasteiger partial charge on any atom is -0.287 e. The van der Waals surface area contributed by atoms with E-state index in [1.165, 1.54) is 28.6 Å². The highest BCUT2D eigenvalue weighted by Gasteiger charge is 2.29. The monoisotopic (exact) mass is 447 g/mol. The lowest BCUT2D eigenvalue weighted by Gasteiger charge is -2.25. The average Bonchev–Trinajstić information content (AvgIpc) is 3.11. The number of hydrogen-bond acceptors (Lipinski definition) is 5. The fourth-order valence-electron chi connectivity index (χ4n) is 4.31. The van der Waals surface area contributed by atoms with Crippen LogP contribution in [0.5, 0.6) is 0 Å². The largest absolute Gasteiger partial charge is 0.287 e. The molecule has 0 atom stereocenters. The molecule has 1 aliphatic carbocycles. The van der Waals surface area contributed by atoms with E-state index >= 15 is 0 Å². The molecule has 0 radical (unpaired) electrons. The highest BCUT2D eigenvalue weighted by atomic mass is 32.2. The van der Waals surface area contributed by atoms with Crippen molar-refractivity contribution < 1.29 is 18.0 Å². The van der Waals surface area contributed by atoms with Crippen molar-refractivity contribution in [2.75, 3.05) is 13.1 Å². The molecule has 7 nitrogen and oxygen atoms in total. The van der Waals surface area contributed by atoms with Crippen LogP contribution in [0.3, 0.4) is 0 Å².